The van der Waals surface area contributed by atoms with Crippen molar-refractivity contribution in [1.82, 2.24) is 9.97 Å². The van der Waals surface area contributed by atoms with Gasteiger partial charge in [0.1, 0.15) is 9.73 Å². The predicted molar refractivity (Wildman–Crippen MR) is 49.3 cm³/mol. The zero-order valence-electron chi connectivity index (χ0n) is 7.46. The number of aromatic amines is 1. The van der Waals surface area contributed by atoms with Gasteiger partial charge in [-0.05, 0) is 6.92 Å². The van der Waals surface area contributed by atoms with Crippen molar-refractivity contribution in [3.8, 4) is 0 Å². The van der Waals surface area contributed by atoms with Gasteiger partial charge in [-0.1, -0.05) is 6.92 Å². The van der Waals surface area contributed by atoms with E-state index < -0.39 is 9.73 Å². The maximum atomic E-state index is 11.5. The largest absolute Gasteiger partial charge is 0.299 e. The number of nitrogens with zero attached hydrogens (tertiary/aromatic N) is 1. The van der Waals surface area contributed by atoms with Crippen molar-refractivity contribution in [2.45, 2.75) is 19.0 Å². The third-order valence-electron chi connectivity index (χ3n) is 1.57. The molecule has 0 bridgehead atoms. The molecular weight excluding hydrogens is 190 g/mol. The van der Waals surface area contributed by atoms with Crippen molar-refractivity contribution in [3.63, 3.8) is 0 Å². The van der Waals surface area contributed by atoms with Crippen molar-refractivity contribution in [3.05, 3.63) is 22.1 Å². The maximum Gasteiger partial charge on any atom is 0.251 e. The molecule has 0 radical (unpaired) electrons. The van der Waals surface area contributed by atoms with Gasteiger partial charge in [-0.2, -0.15) is 0 Å². The van der Waals surface area contributed by atoms with Crippen LogP contribution in [-0.4, -0.2) is 19.9 Å². The second-order valence-corrected chi connectivity index (χ2v) is 4.97. The van der Waals surface area contributed by atoms with Crippen LogP contribution in [0, 0.1) is 11.7 Å². The highest BCUT2D eigenvalue weighted by molar-refractivity contribution is 7.92. The second-order valence-electron chi connectivity index (χ2n) is 2.66. The fraction of sp³-hybridized carbons (Fsp3) is 0.429. The third-order valence-corrected chi connectivity index (χ3v) is 3.20. The van der Waals surface area contributed by atoms with Gasteiger partial charge in [0, 0.05) is 17.5 Å². The average Bonchev–Trinajstić information content (AvgIpc) is 2.02. The molecule has 5 nitrogen and oxygen atoms in total. The van der Waals surface area contributed by atoms with Crippen molar-refractivity contribution in [1.29, 1.82) is 4.78 Å². The van der Waals surface area contributed by atoms with E-state index in [-0.39, 0.29) is 16.5 Å². The second kappa shape index (κ2) is 3.29. The standard InChI is InChI=1S/C7H11N3O2S/c1-3-13(8,12)7-9-5(2)4-6(11)10-7/h4,8H,3H2,1-2H3,(H,9,10,11). The predicted octanol–water partition coefficient (Wildman–Crippen LogP) is 0.504. The molecule has 0 aliphatic heterocycles. The van der Waals surface area contributed by atoms with Crippen molar-refractivity contribution < 1.29 is 4.21 Å². The molecule has 1 aromatic rings. The molecule has 6 heteroatoms. The first-order valence-electron chi connectivity index (χ1n) is 3.80. The monoisotopic (exact) mass is 201 g/mol. The van der Waals surface area contributed by atoms with E-state index in [4.69, 9.17) is 4.78 Å². The highest BCUT2D eigenvalue weighted by Crippen LogP contribution is 2.03. The van der Waals surface area contributed by atoms with Gasteiger partial charge in [0.25, 0.3) is 5.56 Å². The summed E-state index contributed by atoms with van der Waals surface area (Å²) < 4.78 is 18.9. The minimum atomic E-state index is -2.91. The van der Waals surface area contributed by atoms with Crippen LogP contribution in [0.5, 0.6) is 0 Å². The van der Waals surface area contributed by atoms with Gasteiger partial charge in [-0.3, -0.25) is 9.78 Å². The van der Waals surface area contributed by atoms with Crippen LogP contribution in [0.3, 0.4) is 0 Å². The van der Waals surface area contributed by atoms with Crippen LogP contribution in [0.2, 0.25) is 0 Å². The first-order valence-corrected chi connectivity index (χ1v) is 5.53. The number of hydrogen-bond donors (Lipinski definition) is 2. The van der Waals surface area contributed by atoms with Crippen LogP contribution >= 0.6 is 0 Å². The molecular formula is C7H11N3O2S. The molecule has 1 rings (SSSR count). The van der Waals surface area contributed by atoms with Gasteiger partial charge in [-0.15, -0.1) is 0 Å². The van der Waals surface area contributed by atoms with E-state index in [0.717, 1.165) is 0 Å². The minimum absolute atomic E-state index is 0.0278. The summed E-state index contributed by atoms with van der Waals surface area (Å²) in [7, 11) is -2.91. The summed E-state index contributed by atoms with van der Waals surface area (Å²) in [5.41, 5.74) is 0.114. The Morgan fingerprint density at radius 3 is 2.77 bits per heavy atom. The van der Waals surface area contributed by atoms with Crippen LogP contribution < -0.4 is 5.56 Å². The Kier molecular flexibility index (Phi) is 2.51. The number of aromatic nitrogens is 2. The molecule has 72 valence electrons. The molecule has 0 aliphatic carbocycles. The average molecular weight is 201 g/mol. The Hall–Kier alpha value is -1.17. The van der Waals surface area contributed by atoms with Crippen molar-refractivity contribution >= 4 is 9.73 Å². The number of hydrogen-bond acceptors (Lipinski definition) is 4. The molecule has 0 saturated carbocycles. The topological polar surface area (TPSA) is 86.7 Å². The lowest BCUT2D eigenvalue weighted by Crippen LogP contribution is -2.16. The van der Waals surface area contributed by atoms with Gasteiger partial charge in [-0.25, -0.2) is 14.0 Å². The van der Waals surface area contributed by atoms with E-state index in [2.05, 4.69) is 9.97 Å². The van der Waals surface area contributed by atoms with E-state index in [1.165, 1.54) is 6.07 Å². The highest BCUT2D eigenvalue weighted by Gasteiger charge is 2.10. The van der Waals surface area contributed by atoms with Crippen LogP contribution in [0.25, 0.3) is 0 Å². The molecule has 0 spiro atoms. The van der Waals surface area contributed by atoms with Crippen LogP contribution in [-0.2, 0) is 9.73 Å². The Bertz CT molecular complexity index is 461. The Balaban J connectivity index is 3.40. The van der Waals surface area contributed by atoms with Crippen LogP contribution in [0.1, 0.15) is 12.6 Å². The summed E-state index contributed by atoms with van der Waals surface area (Å²) >= 11 is 0. The molecule has 13 heavy (non-hydrogen) atoms. The molecule has 0 fully saturated rings. The van der Waals surface area contributed by atoms with Crippen LogP contribution in [0.15, 0.2) is 16.0 Å². The zero-order valence-corrected chi connectivity index (χ0v) is 8.27. The molecule has 1 aromatic heterocycles. The molecule has 1 heterocycles. The smallest absolute Gasteiger partial charge is 0.251 e. The lowest BCUT2D eigenvalue weighted by molar-refractivity contribution is 0.665. The fourth-order valence-corrected chi connectivity index (χ4v) is 1.67. The summed E-state index contributed by atoms with van der Waals surface area (Å²) in [6, 6.07) is 1.30. The van der Waals surface area contributed by atoms with E-state index in [1.54, 1.807) is 13.8 Å². The lowest BCUT2D eigenvalue weighted by atomic mass is 10.5. The summed E-state index contributed by atoms with van der Waals surface area (Å²) in [6.07, 6.45) is 0. The normalized spacial score (nSPS) is 15.2. The minimum Gasteiger partial charge on any atom is -0.299 e. The summed E-state index contributed by atoms with van der Waals surface area (Å²) in [4.78, 5) is 17.1. The van der Waals surface area contributed by atoms with Crippen LogP contribution in [0.4, 0.5) is 0 Å². The molecule has 1 unspecified atom stereocenters. The molecule has 0 aromatic carbocycles. The van der Waals surface area contributed by atoms with Gasteiger partial charge in [0.05, 0.1) is 0 Å². The Labute approximate surface area is 76.2 Å². The number of aryl methyl sites for hydroxylation is 1. The first-order chi connectivity index (χ1) is 5.95. The molecule has 1 atom stereocenters. The Morgan fingerprint density at radius 2 is 2.31 bits per heavy atom. The first kappa shape index (κ1) is 9.91. The lowest BCUT2D eigenvalue weighted by Gasteiger charge is -2.02. The molecule has 0 amide bonds. The highest BCUT2D eigenvalue weighted by atomic mass is 32.2. The van der Waals surface area contributed by atoms with Crippen molar-refractivity contribution in [2.75, 3.05) is 5.75 Å². The summed E-state index contributed by atoms with van der Waals surface area (Å²) in [5, 5.41) is -0.0278. The van der Waals surface area contributed by atoms with Gasteiger partial charge >= 0.3 is 0 Å². The third kappa shape index (κ3) is 2.15. The fourth-order valence-electron chi connectivity index (χ4n) is 0.844. The summed E-state index contributed by atoms with van der Waals surface area (Å²) in [6.45, 7) is 3.25. The maximum absolute atomic E-state index is 11.5. The number of nitrogens with one attached hydrogen (secondary N) is 2. The Morgan fingerprint density at radius 1 is 1.69 bits per heavy atom. The van der Waals surface area contributed by atoms with E-state index >= 15 is 0 Å². The number of H-pyrrole nitrogens is 1. The zero-order chi connectivity index (χ0) is 10.1. The van der Waals surface area contributed by atoms with E-state index in [9.17, 15) is 9.00 Å². The van der Waals surface area contributed by atoms with Crippen molar-refractivity contribution in [2.24, 2.45) is 0 Å². The van der Waals surface area contributed by atoms with Gasteiger partial charge < -0.3 is 0 Å². The van der Waals surface area contributed by atoms with Gasteiger partial charge in [0.2, 0.25) is 5.16 Å². The molecule has 0 aliphatic rings. The van der Waals surface area contributed by atoms with E-state index in [0.29, 0.717) is 5.69 Å². The summed E-state index contributed by atoms with van der Waals surface area (Å²) in [5.74, 6) is 0.152. The molecule has 2 N–H and O–H groups in total. The SMILES string of the molecule is CCS(=N)(=O)c1nc(C)cc(=O)[nH]1. The molecule has 0 saturated heterocycles. The quantitative estimate of drug-likeness (QED) is 0.683. The number of rotatable bonds is 2. The van der Waals surface area contributed by atoms with Gasteiger partial charge in [0.15, 0.2) is 0 Å². The van der Waals surface area contributed by atoms with E-state index in [1.807, 2.05) is 0 Å².